The average molecular weight is 565 g/mol. The lowest BCUT2D eigenvalue weighted by atomic mass is 10.2. The van der Waals surface area contributed by atoms with Gasteiger partial charge in [-0.3, -0.25) is 4.79 Å². The van der Waals surface area contributed by atoms with E-state index in [4.69, 9.17) is 31.2 Å². The number of ether oxygens (including phenoxy) is 3. The molecule has 38 heavy (non-hydrogen) atoms. The summed E-state index contributed by atoms with van der Waals surface area (Å²) >= 11 is 6.03. The predicted molar refractivity (Wildman–Crippen MR) is 147 cm³/mol. The molecule has 0 radical (unpaired) electrons. The number of carbonyl (C=O) groups excluding carboxylic acids is 1. The Morgan fingerprint density at radius 3 is 2.61 bits per heavy atom. The van der Waals surface area contributed by atoms with Crippen LogP contribution in [0.1, 0.15) is 13.3 Å². The molecule has 1 heterocycles. The summed E-state index contributed by atoms with van der Waals surface area (Å²) in [6, 6.07) is 15.9. The van der Waals surface area contributed by atoms with Crippen molar-refractivity contribution in [1.82, 2.24) is 9.21 Å². The maximum atomic E-state index is 13.2. The summed E-state index contributed by atoms with van der Waals surface area (Å²) in [5.74, 6) is -0.0765. The topological polar surface area (TPSA) is 121 Å². The van der Waals surface area contributed by atoms with Crippen molar-refractivity contribution in [3.05, 3.63) is 71.1 Å². The molecule has 3 rings (SSSR count). The number of allylic oxidation sites excluding steroid dienone is 1. The molecule has 2 aromatic carbocycles. The Hall–Kier alpha value is -3.12. The SMILES string of the molecule is CCOCCO/C(C(=O)Nc1cccc(Cl)c1)=C(/C=N)N1CCN(S(=O)(=O)CCCOc2ccccc2)C1. The van der Waals surface area contributed by atoms with Gasteiger partial charge >= 0.3 is 0 Å². The summed E-state index contributed by atoms with van der Waals surface area (Å²) in [5, 5.41) is 11.2. The normalized spacial score (nSPS) is 14.6. The van der Waals surface area contributed by atoms with E-state index in [1.54, 1.807) is 29.2 Å². The van der Waals surface area contributed by atoms with Gasteiger partial charge in [-0.25, -0.2) is 8.42 Å². The molecule has 0 bridgehead atoms. The predicted octanol–water partition coefficient (Wildman–Crippen LogP) is 3.57. The van der Waals surface area contributed by atoms with Crippen molar-refractivity contribution in [2.45, 2.75) is 13.3 Å². The number of hydrogen-bond acceptors (Lipinski definition) is 8. The van der Waals surface area contributed by atoms with Crippen LogP contribution in [0.3, 0.4) is 0 Å². The van der Waals surface area contributed by atoms with Crippen LogP contribution in [-0.2, 0) is 24.3 Å². The first-order valence-corrected chi connectivity index (χ1v) is 14.3. The monoisotopic (exact) mass is 564 g/mol. The maximum absolute atomic E-state index is 13.2. The van der Waals surface area contributed by atoms with E-state index in [0.717, 1.165) is 6.21 Å². The lowest BCUT2D eigenvalue weighted by molar-refractivity contribution is -0.116. The summed E-state index contributed by atoms with van der Waals surface area (Å²) in [7, 11) is -3.57. The number of sulfonamides is 1. The van der Waals surface area contributed by atoms with Gasteiger partial charge in [-0.05, 0) is 43.7 Å². The molecular weight excluding hydrogens is 532 g/mol. The second-order valence-electron chi connectivity index (χ2n) is 8.28. The lowest BCUT2D eigenvalue weighted by Crippen LogP contribution is -2.34. The van der Waals surface area contributed by atoms with Gasteiger partial charge in [0.1, 0.15) is 18.1 Å². The fourth-order valence-corrected chi connectivity index (χ4v) is 5.33. The third-order valence-electron chi connectivity index (χ3n) is 5.58. The fourth-order valence-electron chi connectivity index (χ4n) is 3.72. The van der Waals surface area contributed by atoms with Gasteiger partial charge in [-0.1, -0.05) is 35.9 Å². The summed E-state index contributed by atoms with van der Waals surface area (Å²) in [6.07, 6.45) is 1.33. The van der Waals surface area contributed by atoms with E-state index in [2.05, 4.69) is 5.32 Å². The van der Waals surface area contributed by atoms with Gasteiger partial charge in [0.05, 0.1) is 25.6 Å². The van der Waals surface area contributed by atoms with E-state index in [0.29, 0.717) is 36.0 Å². The van der Waals surface area contributed by atoms with Crippen LogP contribution in [0.25, 0.3) is 0 Å². The highest BCUT2D eigenvalue weighted by Crippen LogP contribution is 2.21. The molecule has 0 aromatic heterocycles. The average Bonchev–Trinajstić information content (AvgIpc) is 3.40. The van der Waals surface area contributed by atoms with Crippen LogP contribution in [0.15, 0.2) is 66.1 Å². The number of anilines is 1. The Kier molecular flexibility index (Phi) is 11.4. The Labute approximate surface area is 228 Å². The van der Waals surface area contributed by atoms with Gasteiger partial charge in [-0.15, -0.1) is 0 Å². The summed E-state index contributed by atoms with van der Waals surface area (Å²) in [4.78, 5) is 14.8. The number of halogens is 1. The molecule has 0 saturated carbocycles. The number of hydrogen-bond donors (Lipinski definition) is 2. The second kappa shape index (κ2) is 14.7. The summed E-state index contributed by atoms with van der Waals surface area (Å²) < 4.78 is 43.9. The van der Waals surface area contributed by atoms with Crippen molar-refractivity contribution >= 4 is 39.4 Å². The zero-order chi connectivity index (χ0) is 27.4. The van der Waals surface area contributed by atoms with E-state index < -0.39 is 15.9 Å². The van der Waals surface area contributed by atoms with Gasteiger partial charge < -0.3 is 29.8 Å². The van der Waals surface area contributed by atoms with Crippen molar-refractivity contribution < 1.29 is 27.4 Å². The molecule has 0 spiro atoms. The second-order valence-corrected chi connectivity index (χ2v) is 10.8. The van der Waals surface area contributed by atoms with Crippen molar-refractivity contribution in [1.29, 1.82) is 5.41 Å². The van der Waals surface area contributed by atoms with Gasteiger partial charge in [0, 0.05) is 36.6 Å². The molecule has 1 amide bonds. The molecule has 206 valence electrons. The quantitative estimate of drug-likeness (QED) is 0.147. The molecule has 0 unspecified atom stereocenters. The van der Waals surface area contributed by atoms with Crippen LogP contribution in [0.5, 0.6) is 5.75 Å². The largest absolute Gasteiger partial charge is 0.494 e. The van der Waals surface area contributed by atoms with Crippen LogP contribution in [0, 0.1) is 5.41 Å². The van der Waals surface area contributed by atoms with Gasteiger partial charge in [-0.2, -0.15) is 4.31 Å². The van der Waals surface area contributed by atoms with Crippen LogP contribution < -0.4 is 10.1 Å². The Balaban J connectivity index is 1.68. The molecule has 12 heteroatoms. The minimum atomic E-state index is -3.57. The minimum absolute atomic E-state index is 0.00461. The molecule has 1 aliphatic rings. The Morgan fingerprint density at radius 1 is 1.11 bits per heavy atom. The van der Waals surface area contributed by atoms with Crippen molar-refractivity contribution in [3.8, 4) is 5.75 Å². The molecule has 0 atom stereocenters. The molecule has 1 aliphatic heterocycles. The van der Waals surface area contributed by atoms with Crippen molar-refractivity contribution in [2.75, 3.05) is 57.3 Å². The van der Waals surface area contributed by atoms with Crippen LogP contribution in [-0.4, -0.2) is 81.7 Å². The third-order valence-corrected chi connectivity index (χ3v) is 7.70. The molecule has 0 aliphatic carbocycles. The third kappa shape index (κ3) is 8.73. The van der Waals surface area contributed by atoms with Gasteiger partial charge in [0.15, 0.2) is 0 Å². The number of carbonyl (C=O) groups is 1. The van der Waals surface area contributed by atoms with Crippen molar-refractivity contribution in [3.63, 3.8) is 0 Å². The highest BCUT2D eigenvalue weighted by Gasteiger charge is 2.32. The zero-order valence-corrected chi connectivity index (χ0v) is 22.8. The van der Waals surface area contributed by atoms with Gasteiger partial charge in [0.25, 0.3) is 5.91 Å². The van der Waals surface area contributed by atoms with Gasteiger partial charge in [0.2, 0.25) is 15.8 Å². The molecule has 10 nitrogen and oxygen atoms in total. The van der Waals surface area contributed by atoms with E-state index in [1.807, 2.05) is 37.3 Å². The van der Waals surface area contributed by atoms with Crippen LogP contribution >= 0.6 is 11.6 Å². The highest BCUT2D eigenvalue weighted by atomic mass is 35.5. The smallest absolute Gasteiger partial charge is 0.293 e. The van der Waals surface area contributed by atoms with E-state index >= 15 is 0 Å². The fraction of sp³-hybridized carbons (Fsp3) is 0.385. The molecule has 1 fully saturated rings. The van der Waals surface area contributed by atoms with Crippen LogP contribution in [0.2, 0.25) is 5.02 Å². The highest BCUT2D eigenvalue weighted by molar-refractivity contribution is 7.89. The Bertz CT molecular complexity index is 1210. The zero-order valence-electron chi connectivity index (χ0n) is 21.3. The molecule has 2 N–H and O–H groups in total. The lowest BCUT2D eigenvalue weighted by Gasteiger charge is -2.23. The molecule has 1 saturated heterocycles. The standard InChI is InChI=1S/C26H33ClN4O6S/c1-2-35-15-16-37-25(26(32)29-22-9-6-8-21(27)18-22)24(19-28)30-12-13-31(20-30)38(33,34)17-7-14-36-23-10-4-3-5-11-23/h3-6,8-11,18-19,28H,2,7,12-17,20H2,1H3,(H,29,32)/b25-24-,28-19?. The number of nitrogens with one attached hydrogen (secondary N) is 2. The van der Waals surface area contributed by atoms with Crippen molar-refractivity contribution in [2.24, 2.45) is 0 Å². The summed E-state index contributed by atoms with van der Waals surface area (Å²) in [6.45, 7) is 3.46. The summed E-state index contributed by atoms with van der Waals surface area (Å²) in [5.41, 5.74) is 0.632. The van der Waals surface area contributed by atoms with Crippen LogP contribution in [0.4, 0.5) is 5.69 Å². The van der Waals surface area contributed by atoms with E-state index in [9.17, 15) is 13.2 Å². The number of rotatable bonds is 15. The number of amides is 1. The van der Waals surface area contributed by atoms with E-state index in [-0.39, 0.29) is 50.2 Å². The molecular formula is C26H33ClN4O6S. The first-order valence-electron chi connectivity index (χ1n) is 12.3. The Morgan fingerprint density at radius 2 is 1.89 bits per heavy atom. The molecule has 2 aromatic rings. The van der Waals surface area contributed by atoms with E-state index in [1.165, 1.54) is 4.31 Å². The number of nitrogens with zero attached hydrogens (tertiary/aromatic N) is 2. The minimum Gasteiger partial charge on any atom is -0.494 e. The maximum Gasteiger partial charge on any atom is 0.293 e. The first-order chi connectivity index (χ1) is 18.3. The number of benzene rings is 2. The number of para-hydroxylation sites is 1. The first kappa shape index (κ1) is 29.4.